The number of hydrogen-bond acceptors (Lipinski definition) is 2. The number of benzene rings is 11. The number of aryl methyl sites for hydroxylation is 8. The number of ether oxygens (including phenoxy) is 1. The van der Waals surface area contributed by atoms with Gasteiger partial charge < -0.3 is 4.74 Å². The van der Waals surface area contributed by atoms with Gasteiger partial charge in [0.1, 0.15) is 0 Å². The minimum atomic E-state index is -0.0168. The molecule has 0 saturated heterocycles. The molecule has 116 heavy (non-hydrogen) atoms. The summed E-state index contributed by atoms with van der Waals surface area (Å²) in [4.78, 5) is 11.1. The number of hydrogen-bond donors (Lipinski definition) is 0. The van der Waals surface area contributed by atoms with Crippen LogP contribution in [-0.2, 0) is 16.0 Å². The maximum Gasteiger partial charge on any atom is 0.308 e. The Bertz CT molecular complexity index is 5230. The third kappa shape index (κ3) is 28.9. The molecule has 0 atom stereocenters. The van der Waals surface area contributed by atoms with Gasteiger partial charge in [0.15, 0.2) is 0 Å². The van der Waals surface area contributed by atoms with Crippen molar-refractivity contribution in [2.45, 2.75) is 207 Å². The molecule has 0 bridgehead atoms. The van der Waals surface area contributed by atoms with E-state index in [9.17, 15) is 4.79 Å². The Morgan fingerprint density at radius 2 is 0.586 bits per heavy atom. The van der Waals surface area contributed by atoms with Gasteiger partial charge in [0.25, 0.3) is 0 Å². The highest BCUT2D eigenvalue weighted by Crippen LogP contribution is 2.37. The van der Waals surface area contributed by atoms with Crippen LogP contribution in [0.1, 0.15) is 249 Å². The molecule has 3 fully saturated rings. The molecular weight excluding hydrogens is 1400 g/mol. The first-order chi connectivity index (χ1) is 55.9. The normalized spacial score (nSPS) is 16.2. The van der Waals surface area contributed by atoms with Crippen LogP contribution in [0.5, 0.6) is 0 Å². The summed E-state index contributed by atoms with van der Waals surface area (Å²) in [5.74, 6) is 37.0. The van der Waals surface area contributed by atoms with Gasteiger partial charge in [-0.15, -0.1) is 0 Å². The number of esters is 1. The summed E-state index contributed by atoms with van der Waals surface area (Å²) < 4.78 is 4.69. The minimum Gasteiger partial charge on any atom is -0.469 e. The molecule has 592 valence electrons. The lowest BCUT2D eigenvalue weighted by Gasteiger charge is -2.26. The number of carbonyl (C=O) groups excluding carboxylic acids is 1. The van der Waals surface area contributed by atoms with Crippen molar-refractivity contribution in [2.75, 3.05) is 7.11 Å². The molecule has 11 aromatic rings. The SMILES string of the molecule is COC(=O)C1CCC(C)CC1.Cc1ccc(C#Cc2ccc(-c3ccc(C)c(C)c3C)c(C)c2C)c(C)c1C.Cc1ccc(C#Cc2ccc(C)cc2)cc1.Cc1ccc(C#Cc2ccc(C3CCC(C)CC3)cc2)cc1.Cc1ccc(C#Cc2ccc(CCC3CCC(C)CC3)cc2)cc1.Cc1ccc(C#Cc2ccccc2)cc1. The average Bonchev–Trinajstić information content (AvgIpc) is 0.788. The van der Waals surface area contributed by atoms with Gasteiger partial charge in [0.2, 0.25) is 0 Å². The van der Waals surface area contributed by atoms with E-state index in [-0.39, 0.29) is 11.9 Å². The zero-order valence-corrected chi connectivity index (χ0v) is 72.7. The largest absolute Gasteiger partial charge is 0.469 e. The smallest absolute Gasteiger partial charge is 0.308 e. The molecule has 0 N–H and O–H groups in total. The predicted molar refractivity (Wildman–Crippen MR) is 494 cm³/mol. The lowest BCUT2D eigenvalue weighted by molar-refractivity contribution is -0.146. The highest BCUT2D eigenvalue weighted by molar-refractivity contribution is 5.75. The maximum atomic E-state index is 11.1. The van der Waals surface area contributed by atoms with Crippen LogP contribution in [0.2, 0.25) is 0 Å². The van der Waals surface area contributed by atoms with Gasteiger partial charge in [-0.3, -0.25) is 4.79 Å². The lowest BCUT2D eigenvalue weighted by atomic mass is 9.79. The topological polar surface area (TPSA) is 26.3 Å². The monoisotopic (exact) mass is 1520 g/mol. The molecule has 3 saturated carbocycles. The molecule has 0 radical (unpaired) electrons. The Morgan fingerprint density at radius 1 is 0.293 bits per heavy atom. The Labute approximate surface area is 700 Å². The first kappa shape index (κ1) is 88.6. The van der Waals surface area contributed by atoms with E-state index in [1.54, 1.807) is 0 Å². The van der Waals surface area contributed by atoms with E-state index in [4.69, 9.17) is 0 Å². The molecule has 14 rings (SSSR count). The van der Waals surface area contributed by atoms with Crippen LogP contribution in [0.3, 0.4) is 0 Å². The number of rotatable bonds is 6. The van der Waals surface area contributed by atoms with Crippen molar-refractivity contribution in [1.82, 2.24) is 0 Å². The highest BCUT2D eigenvalue weighted by atomic mass is 16.5. The van der Waals surface area contributed by atoms with Gasteiger partial charge in [0, 0.05) is 55.6 Å². The van der Waals surface area contributed by atoms with Crippen molar-refractivity contribution in [3.05, 3.63) is 376 Å². The van der Waals surface area contributed by atoms with E-state index < -0.39 is 0 Å². The quantitative estimate of drug-likeness (QED) is 0.123. The van der Waals surface area contributed by atoms with E-state index in [0.717, 1.165) is 98.1 Å². The first-order valence-corrected chi connectivity index (χ1v) is 42.4. The number of carbonyl (C=O) groups is 1. The van der Waals surface area contributed by atoms with E-state index in [0.29, 0.717) is 0 Å². The minimum absolute atomic E-state index is 0.0168. The molecule has 0 heterocycles. The van der Waals surface area contributed by atoms with Crippen LogP contribution in [0.15, 0.2) is 237 Å². The zero-order chi connectivity index (χ0) is 82.9. The Balaban J connectivity index is 0.000000163. The summed E-state index contributed by atoms with van der Waals surface area (Å²) in [6, 6.07) is 82.5. The van der Waals surface area contributed by atoms with Crippen molar-refractivity contribution >= 4 is 5.97 Å². The standard InChI is InChI=1S/C28H30.C24H28.C22H24.C16H14.C15H12.C9H16O2/c1-17-9-11-25(21(5)19(17)3)12-13-26-14-16-28(24(8)22(26)6)27-15-10-18(2)20(4)23(27)7;1-19-3-7-21(8-4-19)11-13-23-15-17-24(18-16-23)14-12-22-9-5-20(2)6-10-22;1-17-3-7-19(8-4-17)9-10-20-11-15-22(16-12-20)21-13-5-18(2)6-14-21;1-13-3-7-15(8-4-13)11-12-16-9-5-14(2)6-10-16;1-13-7-9-15(10-8-13)12-11-14-5-3-2-4-6-14;1-7-3-5-8(6-4-7)9(10)11-2/h9-11,14-16H,1-8H3;3-4,7-8,15-18,20,22H,5-6,9-10,12,14H2,1-2H3;3-4,7-8,11-12,15-16,18,21H,5-6,13-14H2,1-2H3;3-10H,1-2H3;2-10H,1H3;7-8H,3-6H2,1-2H3. The second kappa shape index (κ2) is 45.7. The van der Waals surface area contributed by atoms with Crippen LogP contribution in [0.4, 0.5) is 0 Å². The summed E-state index contributed by atoms with van der Waals surface area (Å²) in [5.41, 5.74) is 33.4. The van der Waals surface area contributed by atoms with Crippen molar-refractivity contribution in [1.29, 1.82) is 0 Å². The van der Waals surface area contributed by atoms with Crippen molar-refractivity contribution < 1.29 is 9.53 Å². The highest BCUT2D eigenvalue weighted by Gasteiger charge is 2.25. The van der Waals surface area contributed by atoms with Crippen molar-refractivity contribution in [3.8, 4) is 70.3 Å². The van der Waals surface area contributed by atoms with Crippen LogP contribution in [0, 0.1) is 179 Å². The molecule has 2 nitrogen and oxygen atoms in total. The first-order valence-electron chi connectivity index (χ1n) is 42.4. The summed E-state index contributed by atoms with van der Waals surface area (Å²) in [7, 11) is 1.47. The summed E-state index contributed by atoms with van der Waals surface area (Å²) in [6.45, 7) is 35.0. The fourth-order valence-corrected chi connectivity index (χ4v) is 14.8. The van der Waals surface area contributed by atoms with E-state index in [2.05, 4.69) is 369 Å². The molecular formula is C114H124O2. The summed E-state index contributed by atoms with van der Waals surface area (Å²) >= 11 is 0. The third-order valence-electron chi connectivity index (χ3n) is 23.8. The molecule has 0 unspecified atom stereocenters. The molecule has 2 heteroatoms. The average molecular weight is 1530 g/mol. The zero-order valence-electron chi connectivity index (χ0n) is 72.7. The van der Waals surface area contributed by atoms with Crippen molar-refractivity contribution in [2.24, 2.45) is 29.6 Å². The molecule has 3 aliphatic rings. The van der Waals surface area contributed by atoms with E-state index in [1.807, 2.05) is 42.5 Å². The Kier molecular flexibility index (Phi) is 34.9. The van der Waals surface area contributed by atoms with Crippen LogP contribution in [-0.4, -0.2) is 13.1 Å². The molecule has 11 aromatic carbocycles. The van der Waals surface area contributed by atoms with Gasteiger partial charge in [-0.25, -0.2) is 0 Å². The van der Waals surface area contributed by atoms with E-state index >= 15 is 0 Å². The van der Waals surface area contributed by atoms with Crippen molar-refractivity contribution in [3.63, 3.8) is 0 Å². The second-order valence-electron chi connectivity index (χ2n) is 33.1. The third-order valence-corrected chi connectivity index (χ3v) is 23.8. The number of methoxy groups -OCH3 is 1. The van der Waals surface area contributed by atoms with Gasteiger partial charge in [0.05, 0.1) is 13.0 Å². The lowest BCUT2D eigenvalue weighted by Crippen LogP contribution is -2.21. The second-order valence-corrected chi connectivity index (χ2v) is 33.1. The molecule has 0 aromatic heterocycles. The summed E-state index contributed by atoms with van der Waals surface area (Å²) in [5, 5.41) is 0. The maximum absolute atomic E-state index is 11.1. The Morgan fingerprint density at radius 3 is 0.966 bits per heavy atom. The van der Waals surface area contributed by atoms with Crippen LogP contribution >= 0.6 is 0 Å². The molecule has 0 amide bonds. The Hall–Kier alpha value is -11.3. The molecule has 0 spiro atoms. The van der Waals surface area contributed by atoms with Gasteiger partial charge in [-0.1, -0.05) is 274 Å². The molecule has 0 aliphatic heterocycles. The van der Waals surface area contributed by atoms with Crippen LogP contribution < -0.4 is 0 Å². The fraction of sp³-hybridized carbons (Fsp3) is 0.325. The van der Waals surface area contributed by atoms with Gasteiger partial charge in [-0.2, -0.15) is 0 Å². The fourth-order valence-electron chi connectivity index (χ4n) is 14.8. The van der Waals surface area contributed by atoms with Crippen LogP contribution in [0.25, 0.3) is 11.1 Å². The summed E-state index contributed by atoms with van der Waals surface area (Å²) in [6.07, 6.45) is 18.1. The van der Waals surface area contributed by atoms with Gasteiger partial charge >= 0.3 is 5.97 Å². The van der Waals surface area contributed by atoms with E-state index in [1.165, 1.54) is 179 Å². The predicted octanol–water partition coefficient (Wildman–Crippen LogP) is 28.1. The molecule has 3 aliphatic carbocycles. The van der Waals surface area contributed by atoms with Gasteiger partial charge in [-0.05, 0) is 347 Å².